The fraction of sp³-hybridized carbons (Fsp3) is 0.304. The molecule has 0 aliphatic carbocycles. The van der Waals surface area contributed by atoms with Crippen molar-refractivity contribution in [2.24, 2.45) is 4.99 Å². The van der Waals surface area contributed by atoms with Gasteiger partial charge in [0, 0.05) is 32.4 Å². The Morgan fingerprint density at radius 1 is 1.16 bits per heavy atom. The molecule has 1 fully saturated rings. The van der Waals surface area contributed by atoms with Crippen LogP contribution < -0.4 is 20.3 Å². The highest BCUT2D eigenvalue weighted by Crippen LogP contribution is 2.26. The van der Waals surface area contributed by atoms with Crippen LogP contribution >= 0.6 is 0 Å². The Morgan fingerprint density at radius 3 is 2.59 bits per heavy atom. The molecule has 2 aromatic carbocycles. The predicted molar refractivity (Wildman–Crippen MR) is 120 cm³/mol. The first kappa shape index (κ1) is 21.6. The Morgan fingerprint density at radius 2 is 1.91 bits per heavy atom. The summed E-state index contributed by atoms with van der Waals surface area (Å²) in [6.45, 7) is 1.55. The number of guanidine groups is 1. The van der Waals surface area contributed by atoms with Crippen molar-refractivity contribution in [1.29, 1.82) is 0 Å². The van der Waals surface area contributed by atoms with E-state index in [2.05, 4.69) is 20.7 Å². The number of rotatable bonds is 6. The lowest BCUT2D eigenvalue weighted by Gasteiger charge is -2.21. The highest BCUT2D eigenvalue weighted by atomic mass is 19.1. The maximum Gasteiger partial charge on any atom is 0.191 e. The fourth-order valence-corrected chi connectivity index (χ4v) is 3.77. The van der Waals surface area contributed by atoms with Crippen LogP contribution in [0, 0.1) is 11.6 Å². The molecule has 32 heavy (non-hydrogen) atoms. The molecular weight excluding hydrogens is 414 g/mol. The molecule has 0 spiro atoms. The summed E-state index contributed by atoms with van der Waals surface area (Å²) < 4.78 is 35.1. The van der Waals surface area contributed by atoms with Gasteiger partial charge in [0.1, 0.15) is 23.1 Å². The first-order valence-electron chi connectivity index (χ1n) is 10.4. The van der Waals surface area contributed by atoms with Crippen molar-refractivity contribution < 1.29 is 13.5 Å². The third-order valence-electron chi connectivity index (χ3n) is 5.42. The molecule has 1 aromatic heterocycles. The molecule has 0 bridgehead atoms. The molecule has 2 heterocycles. The van der Waals surface area contributed by atoms with E-state index in [1.165, 1.54) is 18.2 Å². The average Bonchev–Trinajstić information content (AvgIpc) is 3.46. The zero-order valence-corrected chi connectivity index (χ0v) is 18.1. The predicted octanol–water partition coefficient (Wildman–Crippen LogP) is 3.10. The molecule has 1 unspecified atom stereocenters. The topological polar surface area (TPSA) is 66.7 Å². The SMILES string of the molecule is CN=C(NCc1ccn(-c2ccc(OC)cc2)n1)NC1CCN(c2c(F)cccc2F)C1. The number of ether oxygens (including phenoxy) is 1. The zero-order valence-electron chi connectivity index (χ0n) is 18.1. The van der Waals surface area contributed by atoms with Crippen LogP contribution in [-0.2, 0) is 6.54 Å². The maximum atomic E-state index is 14.1. The molecule has 4 rings (SSSR count). The van der Waals surface area contributed by atoms with E-state index in [1.807, 2.05) is 36.5 Å². The lowest BCUT2D eigenvalue weighted by Crippen LogP contribution is -2.44. The minimum atomic E-state index is -0.541. The Hall–Kier alpha value is -3.62. The van der Waals surface area contributed by atoms with Crippen LogP contribution in [0.5, 0.6) is 5.75 Å². The van der Waals surface area contributed by atoms with Gasteiger partial charge in [0.25, 0.3) is 0 Å². The lowest BCUT2D eigenvalue weighted by atomic mass is 10.2. The Labute approximate surface area is 185 Å². The van der Waals surface area contributed by atoms with Crippen molar-refractivity contribution in [2.75, 3.05) is 32.1 Å². The molecule has 1 atom stereocenters. The van der Waals surface area contributed by atoms with Gasteiger partial charge in [-0.3, -0.25) is 4.99 Å². The number of aromatic nitrogens is 2. The molecule has 0 saturated carbocycles. The van der Waals surface area contributed by atoms with Gasteiger partial charge in [-0.1, -0.05) is 6.07 Å². The van der Waals surface area contributed by atoms with E-state index in [0.29, 0.717) is 25.6 Å². The number of aliphatic imine (C=N–C) groups is 1. The van der Waals surface area contributed by atoms with E-state index >= 15 is 0 Å². The van der Waals surface area contributed by atoms with Gasteiger partial charge in [0.15, 0.2) is 5.96 Å². The fourth-order valence-electron chi connectivity index (χ4n) is 3.77. The van der Waals surface area contributed by atoms with Gasteiger partial charge in [-0.15, -0.1) is 0 Å². The number of hydrogen-bond donors (Lipinski definition) is 2. The van der Waals surface area contributed by atoms with E-state index in [9.17, 15) is 8.78 Å². The first-order valence-corrected chi connectivity index (χ1v) is 10.4. The molecular formula is C23H26F2N6O. The number of methoxy groups -OCH3 is 1. The number of halogens is 2. The van der Waals surface area contributed by atoms with Crippen molar-refractivity contribution in [3.05, 3.63) is 72.1 Å². The van der Waals surface area contributed by atoms with E-state index in [4.69, 9.17) is 4.74 Å². The number of benzene rings is 2. The van der Waals surface area contributed by atoms with Crippen LogP contribution in [-0.4, -0.2) is 49.0 Å². The highest BCUT2D eigenvalue weighted by molar-refractivity contribution is 5.80. The van der Waals surface area contributed by atoms with Crippen molar-refractivity contribution >= 4 is 11.6 Å². The van der Waals surface area contributed by atoms with Crippen LogP contribution in [0.1, 0.15) is 12.1 Å². The Kier molecular flexibility index (Phi) is 6.53. The van der Waals surface area contributed by atoms with Crippen molar-refractivity contribution in [2.45, 2.75) is 19.0 Å². The van der Waals surface area contributed by atoms with Crippen LogP contribution in [0.2, 0.25) is 0 Å². The van der Waals surface area contributed by atoms with Crippen molar-refractivity contribution in [3.8, 4) is 11.4 Å². The molecule has 0 radical (unpaired) electrons. The number of nitrogens with zero attached hydrogens (tertiary/aromatic N) is 4. The second-order valence-electron chi connectivity index (χ2n) is 7.52. The summed E-state index contributed by atoms with van der Waals surface area (Å²) in [6, 6.07) is 13.6. The number of para-hydroxylation sites is 1. The summed E-state index contributed by atoms with van der Waals surface area (Å²) >= 11 is 0. The van der Waals surface area contributed by atoms with Crippen molar-refractivity contribution in [1.82, 2.24) is 20.4 Å². The summed E-state index contributed by atoms with van der Waals surface area (Å²) in [4.78, 5) is 5.99. The van der Waals surface area contributed by atoms with Gasteiger partial charge in [0.2, 0.25) is 0 Å². The van der Waals surface area contributed by atoms with Crippen LogP contribution in [0.25, 0.3) is 5.69 Å². The third-order valence-corrected chi connectivity index (χ3v) is 5.42. The average molecular weight is 440 g/mol. The zero-order chi connectivity index (χ0) is 22.5. The van der Waals surface area contributed by atoms with Gasteiger partial charge in [-0.05, 0) is 48.9 Å². The highest BCUT2D eigenvalue weighted by Gasteiger charge is 2.27. The lowest BCUT2D eigenvalue weighted by molar-refractivity contribution is 0.414. The molecule has 168 valence electrons. The normalized spacial score (nSPS) is 16.3. The summed E-state index contributed by atoms with van der Waals surface area (Å²) in [5.74, 6) is 0.326. The van der Waals surface area contributed by atoms with E-state index in [0.717, 1.165) is 23.6 Å². The Balaban J connectivity index is 1.32. The quantitative estimate of drug-likeness (QED) is 0.456. The minimum Gasteiger partial charge on any atom is -0.497 e. The molecule has 1 saturated heterocycles. The molecule has 2 N–H and O–H groups in total. The first-order chi connectivity index (χ1) is 15.6. The van der Waals surface area contributed by atoms with Gasteiger partial charge in [-0.2, -0.15) is 5.10 Å². The molecule has 9 heteroatoms. The molecule has 1 aliphatic rings. The van der Waals surface area contributed by atoms with Gasteiger partial charge in [0.05, 0.1) is 25.0 Å². The van der Waals surface area contributed by atoms with E-state index < -0.39 is 11.6 Å². The Bertz CT molecular complexity index is 1060. The minimum absolute atomic E-state index is 0.0251. The molecule has 0 amide bonds. The molecule has 7 nitrogen and oxygen atoms in total. The summed E-state index contributed by atoms with van der Waals surface area (Å²) in [5.41, 5.74) is 1.82. The number of anilines is 1. The van der Waals surface area contributed by atoms with E-state index in [1.54, 1.807) is 23.7 Å². The monoisotopic (exact) mass is 440 g/mol. The summed E-state index contributed by atoms with van der Waals surface area (Å²) in [5, 5.41) is 11.2. The number of hydrogen-bond acceptors (Lipinski definition) is 4. The maximum absolute atomic E-state index is 14.1. The van der Waals surface area contributed by atoms with Gasteiger partial charge >= 0.3 is 0 Å². The second-order valence-corrected chi connectivity index (χ2v) is 7.52. The van der Waals surface area contributed by atoms with Gasteiger partial charge < -0.3 is 20.3 Å². The van der Waals surface area contributed by atoms with Crippen LogP contribution in [0.4, 0.5) is 14.5 Å². The van der Waals surface area contributed by atoms with Gasteiger partial charge in [-0.25, -0.2) is 13.5 Å². The standard InChI is InChI=1S/C23H26F2N6O/c1-26-23(28-17-10-12-30(15-17)22-20(24)4-3-5-21(22)25)27-14-16-11-13-31(29-16)18-6-8-19(32-2)9-7-18/h3-9,11,13,17H,10,12,14-15H2,1-2H3,(H2,26,27,28). The largest absolute Gasteiger partial charge is 0.497 e. The second kappa shape index (κ2) is 9.67. The number of nitrogens with one attached hydrogen (secondary N) is 2. The molecule has 3 aromatic rings. The van der Waals surface area contributed by atoms with Crippen LogP contribution in [0.15, 0.2) is 59.7 Å². The van der Waals surface area contributed by atoms with Crippen molar-refractivity contribution in [3.63, 3.8) is 0 Å². The summed E-state index contributed by atoms with van der Waals surface area (Å²) in [7, 11) is 3.32. The van der Waals surface area contributed by atoms with E-state index in [-0.39, 0.29) is 11.7 Å². The summed E-state index contributed by atoms with van der Waals surface area (Å²) in [6.07, 6.45) is 2.65. The third kappa shape index (κ3) is 4.82. The smallest absolute Gasteiger partial charge is 0.191 e. The molecule has 1 aliphatic heterocycles. The van der Waals surface area contributed by atoms with Crippen LogP contribution in [0.3, 0.4) is 0 Å².